The molecule has 1 aliphatic rings. The Morgan fingerprint density at radius 2 is 2.13 bits per heavy atom. The van der Waals surface area contributed by atoms with Gasteiger partial charge in [0.25, 0.3) is 5.91 Å². The van der Waals surface area contributed by atoms with Crippen molar-refractivity contribution in [3.63, 3.8) is 0 Å². The topological polar surface area (TPSA) is 67.2 Å². The molecule has 122 valence electrons. The van der Waals surface area contributed by atoms with E-state index in [1.54, 1.807) is 17.1 Å². The molecule has 1 aliphatic carbocycles. The van der Waals surface area contributed by atoms with Gasteiger partial charge in [-0.05, 0) is 24.5 Å². The maximum Gasteiger partial charge on any atom is 0.254 e. The zero-order valence-electron chi connectivity index (χ0n) is 12.8. The lowest BCUT2D eigenvalue weighted by Gasteiger charge is -2.28. The van der Waals surface area contributed by atoms with Gasteiger partial charge >= 0.3 is 0 Å². The lowest BCUT2D eigenvalue weighted by Crippen LogP contribution is -2.45. The number of carbonyl (C=O) groups excluding carboxylic acids is 1. The summed E-state index contributed by atoms with van der Waals surface area (Å²) in [6.45, 7) is 0.513. The number of halogens is 1. The van der Waals surface area contributed by atoms with Crippen molar-refractivity contribution in [3.05, 3.63) is 52.8 Å². The average molecular weight is 334 g/mol. The van der Waals surface area contributed by atoms with E-state index in [0.717, 1.165) is 31.2 Å². The molecule has 1 aromatic heterocycles. The summed E-state index contributed by atoms with van der Waals surface area (Å²) in [7, 11) is 0. The quantitative estimate of drug-likeness (QED) is 0.903. The highest BCUT2D eigenvalue weighted by Crippen LogP contribution is 2.19. The molecule has 0 bridgehead atoms. The maximum atomic E-state index is 12.3. The molecule has 3 rings (SSSR count). The van der Waals surface area contributed by atoms with Crippen molar-refractivity contribution >= 4 is 17.5 Å². The van der Waals surface area contributed by atoms with Gasteiger partial charge in [-0.2, -0.15) is 5.10 Å². The summed E-state index contributed by atoms with van der Waals surface area (Å²) in [5.41, 5.74) is 1.45. The zero-order valence-corrected chi connectivity index (χ0v) is 13.5. The number of amides is 1. The van der Waals surface area contributed by atoms with Crippen molar-refractivity contribution in [2.45, 2.75) is 44.4 Å². The summed E-state index contributed by atoms with van der Waals surface area (Å²) < 4.78 is 1.69. The molecule has 2 unspecified atom stereocenters. The molecule has 0 aliphatic heterocycles. The Kier molecular flexibility index (Phi) is 4.98. The third-order valence-electron chi connectivity index (χ3n) is 4.23. The van der Waals surface area contributed by atoms with Gasteiger partial charge in [-0.25, -0.2) is 0 Å². The van der Waals surface area contributed by atoms with Crippen LogP contribution in [0.3, 0.4) is 0 Å². The van der Waals surface area contributed by atoms with E-state index >= 15 is 0 Å². The number of hydrogen-bond donors (Lipinski definition) is 2. The first-order valence-electron chi connectivity index (χ1n) is 7.88. The minimum Gasteiger partial charge on any atom is -0.391 e. The molecule has 1 fully saturated rings. The van der Waals surface area contributed by atoms with Crippen LogP contribution in [0.5, 0.6) is 0 Å². The lowest BCUT2D eigenvalue weighted by atomic mass is 9.92. The molecule has 1 amide bonds. The van der Waals surface area contributed by atoms with E-state index in [1.807, 2.05) is 24.3 Å². The number of aliphatic hydroxyl groups is 1. The summed E-state index contributed by atoms with van der Waals surface area (Å²) in [6, 6.07) is 7.40. The predicted molar refractivity (Wildman–Crippen MR) is 88.5 cm³/mol. The summed E-state index contributed by atoms with van der Waals surface area (Å²) in [4.78, 5) is 12.3. The first kappa shape index (κ1) is 16.0. The van der Waals surface area contributed by atoms with Crippen LogP contribution in [-0.2, 0) is 6.54 Å². The number of rotatable bonds is 4. The Balaban J connectivity index is 1.64. The lowest BCUT2D eigenvalue weighted by molar-refractivity contribution is 0.0717. The maximum absolute atomic E-state index is 12.3. The standard InChI is InChI=1S/C17H20ClN3O2/c18-14-6-2-1-5-12(14)10-21-11-13(9-19-21)17(23)20-15-7-3-4-8-16(15)22/h1-2,5-6,9,11,15-16,22H,3-4,7-8,10H2,(H,20,23). The van der Waals surface area contributed by atoms with Crippen LogP contribution in [0, 0.1) is 0 Å². The minimum absolute atomic E-state index is 0.164. The second-order valence-electron chi connectivity index (χ2n) is 5.95. The number of nitrogens with zero attached hydrogens (tertiary/aromatic N) is 2. The minimum atomic E-state index is -0.453. The van der Waals surface area contributed by atoms with Gasteiger partial charge in [0.05, 0.1) is 30.5 Å². The van der Waals surface area contributed by atoms with Crippen molar-refractivity contribution in [2.24, 2.45) is 0 Å². The third kappa shape index (κ3) is 3.92. The second-order valence-corrected chi connectivity index (χ2v) is 6.36. The summed E-state index contributed by atoms with van der Waals surface area (Å²) in [5.74, 6) is -0.193. The van der Waals surface area contributed by atoms with Crippen LogP contribution in [0.4, 0.5) is 0 Å². The van der Waals surface area contributed by atoms with Crippen LogP contribution >= 0.6 is 11.6 Å². The third-order valence-corrected chi connectivity index (χ3v) is 4.60. The monoisotopic (exact) mass is 333 g/mol. The molecular formula is C17H20ClN3O2. The van der Waals surface area contributed by atoms with Gasteiger partial charge in [-0.15, -0.1) is 0 Å². The highest BCUT2D eigenvalue weighted by atomic mass is 35.5. The van der Waals surface area contributed by atoms with Gasteiger partial charge < -0.3 is 10.4 Å². The fraction of sp³-hybridized carbons (Fsp3) is 0.412. The van der Waals surface area contributed by atoms with Crippen LogP contribution in [-0.4, -0.2) is 32.9 Å². The van der Waals surface area contributed by atoms with Gasteiger partial charge in [-0.3, -0.25) is 9.48 Å². The highest BCUT2D eigenvalue weighted by molar-refractivity contribution is 6.31. The normalized spacial score (nSPS) is 21.1. The molecule has 0 saturated heterocycles. The van der Waals surface area contributed by atoms with Crippen molar-refractivity contribution in [1.29, 1.82) is 0 Å². The molecule has 6 heteroatoms. The van der Waals surface area contributed by atoms with Gasteiger partial charge in [0.1, 0.15) is 0 Å². The molecule has 0 spiro atoms. The van der Waals surface area contributed by atoms with Crippen molar-refractivity contribution in [1.82, 2.24) is 15.1 Å². The Morgan fingerprint density at radius 3 is 2.91 bits per heavy atom. The van der Waals surface area contributed by atoms with Gasteiger partial charge in [0.2, 0.25) is 0 Å². The number of aliphatic hydroxyl groups excluding tert-OH is 1. The Labute approximate surface area is 140 Å². The Morgan fingerprint density at radius 1 is 1.35 bits per heavy atom. The number of nitrogens with one attached hydrogen (secondary N) is 1. The molecule has 0 radical (unpaired) electrons. The fourth-order valence-corrected chi connectivity index (χ4v) is 3.10. The summed E-state index contributed by atoms with van der Waals surface area (Å²) in [5, 5.41) is 17.8. The Bertz CT molecular complexity index is 686. The van der Waals surface area contributed by atoms with Gasteiger partial charge in [-0.1, -0.05) is 42.6 Å². The van der Waals surface area contributed by atoms with Crippen LogP contribution in [0.15, 0.2) is 36.7 Å². The fourth-order valence-electron chi connectivity index (χ4n) is 2.90. The summed E-state index contributed by atoms with van der Waals surface area (Å²) in [6.07, 6.45) is 6.41. The molecule has 1 saturated carbocycles. The van der Waals surface area contributed by atoms with Gasteiger partial charge in [0.15, 0.2) is 0 Å². The van der Waals surface area contributed by atoms with Crippen LogP contribution in [0.25, 0.3) is 0 Å². The molecule has 5 nitrogen and oxygen atoms in total. The number of benzene rings is 1. The predicted octanol–water partition coefficient (Wildman–Crippen LogP) is 2.62. The smallest absolute Gasteiger partial charge is 0.254 e. The van der Waals surface area contributed by atoms with Crippen LogP contribution in [0.2, 0.25) is 5.02 Å². The van der Waals surface area contributed by atoms with E-state index in [0.29, 0.717) is 17.1 Å². The van der Waals surface area contributed by atoms with Crippen LogP contribution < -0.4 is 5.32 Å². The van der Waals surface area contributed by atoms with E-state index in [-0.39, 0.29) is 11.9 Å². The SMILES string of the molecule is O=C(NC1CCCCC1O)c1cnn(Cc2ccccc2Cl)c1. The molecule has 1 aromatic carbocycles. The molecule has 2 atom stereocenters. The Hall–Kier alpha value is -1.85. The largest absolute Gasteiger partial charge is 0.391 e. The van der Waals surface area contributed by atoms with E-state index in [9.17, 15) is 9.90 Å². The van der Waals surface area contributed by atoms with Gasteiger partial charge in [0, 0.05) is 11.2 Å². The molecule has 23 heavy (non-hydrogen) atoms. The number of hydrogen-bond acceptors (Lipinski definition) is 3. The summed E-state index contributed by atoms with van der Waals surface area (Å²) >= 11 is 6.14. The first-order chi connectivity index (χ1) is 11.1. The van der Waals surface area contributed by atoms with Crippen molar-refractivity contribution < 1.29 is 9.90 Å². The van der Waals surface area contributed by atoms with E-state index in [4.69, 9.17) is 11.6 Å². The average Bonchev–Trinajstić information content (AvgIpc) is 3.01. The zero-order chi connectivity index (χ0) is 16.2. The van der Waals surface area contributed by atoms with E-state index < -0.39 is 6.10 Å². The van der Waals surface area contributed by atoms with E-state index in [2.05, 4.69) is 10.4 Å². The molecule has 2 aromatic rings. The molecule has 1 heterocycles. The molecule has 2 N–H and O–H groups in total. The van der Waals surface area contributed by atoms with Crippen molar-refractivity contribution in [2.75, 3.05) is 0 Å². The van der Waals surface area contributed by atoms with Crippen LogP contribution in [0.1, 0.15) is 41.6 Å². The van der Waals surface area contributed by atoms with Crippen molar-refractivity contribution in [3.8, 4) is 0 Å². The highest BCUT2D eigenvalue weighted by Gasteiger charge is 2.25. The molecular weight excluding hydrogens is 314 g/mol. The number of carbonyl (C=O) groups is 1. The van der Waals surface area contributed by atoms with E-state index in [1.165, 1.54) is 0 Å². The first-order valence-corrected chi connectivity index (χ1v) is 8.26. The second kappa shape index (κ2) is 7.15. The number of aromatic nitrogens is 2.